The van der Waals surface area contributed by atoms with Crippen LogP contribution >= 0.6 is 22.9 Å². The average molecular weight is 291 g/mol. The van der Waals surface area contributed by atoms with E-state index in [0.29, 0.717) is 16.9 Å². The van der Waals surface area contributed by atoms with E-state index in [4.69, 9.17) is 11.6 Å². The zero-order valence-electron chi connectivity index (χ0n) is 10.2. The molecule has 0 saturated carbocycles. The van der Waals surface area contributed by atoms with Crippen LogP contribution in [-0.2, 0) is 6.42 Å². The van der Waals surface area contributed by atoms with Gasteiger partial charge in [0.25, 0.3) is 5.56 Å². The van der Waals surface area contributed by atoms with Gasteiger partial charge < -0.3 is 4.98 Å². The molecule has 0 aliphatic heterocycles. The number of thiophene rings is 1. The highest BCUT2D eigenvalue weighted by Gasteiger charge is 2.06. The molecule has 96 valence electrons. The Morgan fingerprint density at radius 2 is 2.21 bits per heavy atom. The Bertz CT molecular complexity index is 807. The SMILES string of the molecule is Cc1cc(Cc2nc3ccsc3c(=O)[nH]2)ccc1Cl. The summed E-state index contributed by atoms with van der Waals surface area (Å²) in [7, 11) is 0. The largest absolute Gasteiger partial charge is 0.309 e. The molecule has 1 N–H and O–H groups in total. The fraction of sp³-hybridized carbons (Fsp3) is 0.143. The molecule has 0 atom stereocenters. The smallest absolute Gasteiger partial charge is 0.268 e. The van der Waals surface area contributed by atoms with Crippen molar-refractivity contribution >= 4 is 33.2 Å². The van der Waals surface area contributed by atoms with Gasteiger partial charge in [0.2, 0.25) is 0 Å². The quantitative estimate of drug-likeness (QED) is 0.785. The van der Waals surface area contributed by atoms with Crippen LogP contribution in [0.4, 0.5) is 0 Å². The van der Waals surface area contributed by atoms with E-state index in [1.807, 2.05) is 36.6 Å². The molecule has 0 spiro atoms. The number of aryl methyl sites for hydroxylation is 1. The van der Waals surface area contributed by atoms with E-state index in [1.54, 1.807) is 0 Å². The molecule has 0 saturated heterocycles. The Morgan fingerprint density at radius 3 is 3.00 bits per heavy atom. The first kappa shape index (κ1) is 12.4. The van der Waals surface area contributed by atoms with Gasteiger partial charge in [0, 0.05) is 11.4 Å². The Balaban J connectivity index is 2.00. The van der Waals surface area contributed by atoms with Crippen LogP contribution in [0.15, 0.2) is 34.4 Å². The summed E-state index contributed by atoms with van der Waals surface area (Å²) in [5.41, 5.74) is 2.80. The summed E-state index contributed by atoms with van der Waals surface area (Å²) in [6.07, 6.45) is 0.596. The second-order valence-corrected chi connectivity index (χ2v) is 5.73. The predicted molar refractivity (Wildman–Crippen MR) is 79.2 cm³/mol. The van der Waals surface area contributed by atoms with Crippen molar-refractivity contribution in [2.75, 3.05) is 0 Å². The maximum Gasteiger partial charge on any atom is 0.268 e. The Hall–Kier alpha value is -1.65. The van der Waals surface area contributed by atoms with Gasteiger partial charge in [-0.05, 0) is 35.6 Å². The van der Waals surface area contributed by atoms with Gasteiger partial charge in [0.1, 0.15) is 10.5 Å². The minimum Gasteiger partial charge on any atom is -0.309 e. The molecular formula is C14H11ClN2OS. The third-order valence-electron chi connectivity index (χ3n) is 2.96. The van der Waals surface area contributed by atoms with E-state index in [9.17, 15) is 4.79 Å². The van der Waals surface area contributed by atoms with Gasteiger partial charge in [-0.25, -0.2) is 4.98 Å². The molecule has 2 heterocycles. The van der Waals surface area contributed by atoms with Crippen molar-refractivity contribution in [3.63, 3.8) is 0 Å². The van der Waals surface area contributed by atoms with Crippen LogP contribution in [0.5, 0.6) is 0 Å². The first-order chi connectivity index (χ1) is 9.13. The Labute approximate surface area is 118 Å². The zero-order chi connectivity index (χ0) is 13.4. The van der Waals surface area contributed by atoms with Gasteiger partial charge >= 0.3 is 0 Å². The number of benzene rings is 1. The maximum atomic E-state index is 11.9. The molecule has 2 aromatic heterocycles. The standard InChI is InChI=1S/C14H11ClN2OS/c1-8-6-9(2-3-10(8)15)7-12-16-11-4-5-19-13(11)14(18)17-12/h2-6H,7H2,1H3,(H,16,17,18). The van der Waals surface area contributed by atoms with E-state index < -0.39 is 0 Å². The molecule has 1 aromatic carbocycles. The van der Waals surface area contributed by atoms with Gasteiger partial charge in [0.05, 0.1) is 5.52 Å². The number of hydrogen-bond acceptors (Lipinski definition) is 3. The van der Waals surface area contributed by atoms with Gasteiger partial charge in [-0.2, -0.15) is 0 Å². The Morgan fingerprint density at radius 1 is 1.37 bits per heavy atom. The van der Waals surface area contributed by atoms with E-state index in [1.165, 1.54) is 11.3 Å². The number of fused-ring (bicyclic) bond motifs is 1. The number of H-pyrrole nitrogens is 1. The van der Waals surface area contributed by atoms with Crippen molar-refractivity contribution in [2.24, 2.45) is 0 Å². The summed E-state index contributed by atoms with van der Waals surface area (Å²) in [5.74, 6) is 0.678. The lowest BCUT2D eigenvalue weighted by Gasteiger charge is -2.04. The van der Waals surface area contributed by atoms with E-state index in [-0.39, 0.29) is 5.56 Å². The minimum atomic E-state index is -0.0688. The van der Waals surface area contributed by atoms with Crippen LogP contribution in [0.3, 0.4) is 0 Å². The van der Waals surface area contributed by atoms with E-state index in [0.717, 1.165) is 21.7 Å². The third kappa shape index (κ3) is 2.41. The summed E-state index contributed by atoms with van der Waals surface area (Å²) >= 11 is 7.41. The third-order valence-corrected chi connectivity index (χ3v) is 4.28. The normalized spacial score (nSPS) is 11.1. The number of aromatic nitrogens is 2. The highest BCUT2D eigenvalue weighted by atomic mass is 35.5. The molecule has 3 rings (SSSR count). The predicted octanol–water partition coefficient (Wildman–Crippen LogP) is 3.54. The van der Waals surface area contributed by atoms with Gasteiger partial charge in [-0.1, -0.05) is 23.7 Å². The molecule has 0 aliphatic carbocycles. The van der Waals surface area contributed by atoms with Crippen LogP contribution in [0.2, 0.25) is 5.02 Å². The lowest BCUT2D eigenvalue weighted by Crippen LogP contribution is -2.10. The number of nitrogens with one attached hydrogen (secondary N) is 1. The van der Waals surface area contributed by atoms with Crippen molar-refractivity contribution in [3.05, 3.63) is 62.0 Å². The number of halogens is 1. The second kappa shape index (κ2) is 4.79. The molecule has 0 unspecified atom stereocenters. The summed E-state index contributed by atoms with van der Waals surface area (Å²) < 4.78 is 0.677. The van der Waals surface area contributed by atoms with Crippen molar-refractivity contribution < 1.29 is 0 Å². The van der Waals surface area contributed by atoms with Gasteiger partial charge in [-0.3, -0.25) is 4.79 Å². The van der Waals surface area contributed by atoms with Crippen molar-refractivity contribution in [1.29, 1.82) is 0 Å². The minimum absolute atomic E-state index is 0.0688. The molecule has 0 aliphatic rings. The van der Waals surface area contributed by atoms with Crippen LogP contribution in [0.1, 0.15) is 17.0 Å². The maximum absolute atomic E-state index is 11.9. The first-order valence-corrected chi connectivity index (χ1v) is 7.10. The Kier molecular flexibility index (Phi) is 3.12. The van der Waals surface area contributed by atoms with Crippen molar-refractivity contribution in [2.45, 2.75) is 13.3 Å². The van der Waals surface area contributed by atoms with Crippen LogP contribution in [-0.4, -0.2) is 9.97 Å². The molecule has 0 amide bonds. The topological polar surface area (TPSA) is 45.8 Å². The number of nitrogens with zero attached hydrogens (tertiary/aromatic N) is 1. The first-order valence-electron chi connectivity index (χ1n) is 5.85. The fourth-order valence-corrected chi connectivity index (χ4v) is 2.86. The van der Waals surface area contributed by atoms with E-state index in [2.05, 4.69) is 9.97 Å². The molecule has 19 heavy (non-hydrogen) atoms. The zero-order valence-corrected chi connectivity index (χ0v) is 11.8. The van der Waals surface area contributed by atoms with Crippen LogP contribution < -0.4 is 5.56 Å². The van der Waals surface area contributed by atoms with Crippen molar-refractivity contribution in [3.8, 4) is 0 Å². The molecular weight excluding hydrogens is 280 g/mol. The number of hydrogen-bond donors (Lipinski definition) is 1. The van der Waals surface area contributed by atoms with E-state index >= 15 is 0 Å². The van der Waals surface area contributed by atoms with Crippen LogP contribution in [0, 0.1) is 6.92 Å². The fourth-order valence-electron chi connectivity index (χ4n) is 2.02. The average Bonchev–Trinajstić information content (AvgIpc) is 2.82. The molecule has 3 aromatic rings. The molecule has 5 heteroatoms. The van der Waals surface area contributed by atoms with Crippen LogP contribution in [0.25, 0.3) is 10.2 Å². The summed E-state index contributed by atoms with van der Waals surface area (Å²) in [6, 6.07) is 7.70. The summed E-state index contributed by atoms with van der Waals surface area (Å²) in [4.78, 5) is 19.2. The van der Waals surface area contributed by atoms with Gasteiger partial charge in [-0.15, -0.1) is 11.3 Å². The molecule has 0 bridgehead atoms. The molecule has 0 radical (unpaired) electrons. The lowest BCUT2D eigenvalue weighted by molar-refractivity contribution is 0.974. The number of aromatic amines is 1. The second-order valence-electron chi connectivity index (χ2n) is 4.41. The summed E-state index contributed by atoms with van der Waals surface area (Å²) in [5, 5.41) is 2.63. The molecule has 3 nitrogen and oxygen atoms in total. The summed E-state index contributed by atoms with van der Waals surface area (Å²) in [6.45, 7) is 1.96. The van der Waals surface area contributed by atoms with Gasteiger partial charge in [0.15, 0.2) is 0 Å². The highest BCUT2D eigenvalue weighted by molar-refractivity contribution is 7.17. The number of rotatable bonds is 2. The molecule has 0 fully saturated rings. The lowest BCUT2D eigenvalue weighted by atomic mass is 10.1. The highest BCUT2D eigenvalue weighted by Crippen LogP contribution is 2.18. The monoisotopic (exact) mass is 290 g/mol. The van der Waals surface area contributed by atoms with Crippen molar-refractivity contribution in [1.82, 2.24) is 9.97 Å².